The molecule has 0 spiro atoms. The minimum atomic E-state index is -1.97. The van der Waals surface area contributed by atoms with Crippen LogP contribution in [-0.4, -0.2) is 154 Å². The van der Waals surface area contributed by atoms with Crippen LogP contribution < -0.4 is 20.7 Å². The first-order chi connectivity index (χ1) is 42.2. The molecular formula is C64H67N7O17. The van der Waals surface area contributed by atoms with Crippen molar-refractivity contribution < 1.29 is 83.1 Å². The van der Waals surface area contributed by atoms with Crippen molar-refractivity contribution in [1.82, 2.24) is 31.0 Å². The molecule has 9 saturated carbocycles. The van der Waals surface area contributed by atoms with Gasteiger partial charge in [-0.1, -0.05) is 80.1 Å². The summed E-state index contributed by atoms with van der Waals surface area (Å²) in [6.07, 6.45) is -2.79. The number of hydrogen-bond acceptors (Lipinski definition) is 20. The molecule has 3 aromatic carbocycles. The summed E-state index contributed by atoms with van der Waals surface area (Å²) in [5.41, 5.74) is 1.94. The van der Waals surface area contributed by atoms with Crippen LogP contribution in [0.2, 0.25) is 0 Å². The largest absolute Gasteiger partial charge is 0.479 e. The fourth-order valence-electron chi connectivity index (χ4n) is 19.7. The number of carboxylic acid groups (broad SMARTS) is 1. The molecule has 11 fully saturated rings. The van der Waals surface area contributed by atoms with Crippen LogP contribution in [0.3, 0.4) is 0 Å². The van der Waals surface area contributed by atoms with E-state index in [4.69, 9.17) is 23.7 Å². The lowest BCUT2D eigenvalue weighted by Gasteiger charge is -3.11. The maximum Gasteiger partial charge on any atom is 0.407 e. The lowest BCUT2D eigenvalue weighted by Crippen LogP contribution is -3.15. The van der Waals surface area contributed by atoms with Gasteiger partial charge >= 0.3 is 12.1 Å². The highest BCUT2D eigenvalue weighted by atomic mass is 16.7. The third-order valence-electron chi connectivity index (χ3n) is 23.1. The number of ketones is 2. The molecule has 4 aromatic rings. The molecule has 24 heteroatoms. The molecule has 16 rings (SSSR count). The highest BCUT2D eigenvalue weighted by Crippen LogP contribution is 3.07. The van der Waals surface area contributed by atoms with Gasteiger partial charge in [-0.05, 0) is 126 Å². The Morgan fingerprint density at radius 2 is 1.51 bits per heavy atom. The van der Waals surface area contributed by atoms with Crippen LogP contribution in [0.4, 0.5) is 10.5 Å². The first-order valence-electron chi connectivity index (χ1n) is 30.3. The number of fused-ring (bicyclic) bond motifs is 7. The highest BCUT2D eigenvalue weighted by Gasteiger charge is 3.10. The molecule has 12 aliphatic rings. The Hall–Kier alpha value is -7.42. The van der Waals surface area contributed by atoms with E-state index >= 15 is 0 Å². The Balaban J connectivity index is 0.562. The van der Waals surface area contributed by atoms with E-state index in [0.717, 1.165) is 30.4 Å². The molecule has 0 unspecified atom stereocenters. The minimum absolute atomic E-state index is 0.0107. The fraction of sp³-hybridized carbons (Fsp3) is 0.531. The number of nitrogens with one attached hydrogen (secondary N) is 3. The summed E-state index contributed by atoms with van der Waals surface area (Å²) in [7, 11) is 0. The molecule has 0 bridgehead atoms. The zero-order chi connectivity index (χ0) is 61.1. The molecule has 9 N–H and O–H groups in total. The van der Waals surface area contributed by atoms with E-state index in [-0.39, 0.29) is 77.8 Å². The number of anilines is 1. The average molecular weight is 1210 g/mol. The number of carboxylic acids is 1. The normalized spacial score (nSPS) is 40.8. The van der Waals surface area contributed by atoms with Gasteiger partial charge in [-0.3, -0.25) is 19.2 Å². The maximum absolute atomic E-state index is 14.1. The zero-order valence-electron chi connectivity index (χ0n) is 48.0. The molecule has 460 valence electrons. The molecule has 0 radical (unpaired) electrons. The number of rotatable bonds is 18. The van der Waals surface area contributed by atoms with Crippen LogP contribution in [0.1, 0.15) is 74.5 Å². The van der Waals surface area contributed by atoms with Crippen LogP contribution in [0.5, 0.6) is 5.75 Å². The van der Waals surface area contributed by atoms with E-state index in [1.165, 1.54) is 30.1 Å². The van der Waals surface area contributed by atoms with Crippen LogP contribution >= 0.6 is 0 Å². The maximum atomic E-state index is 14.1. The molecule has 2 aliphatic heterocycles. The summed E-state index contributed by atoms with van der Waals surface area (Å²) in [4.78, 5) is 78.3. The molecule has 24 nitrogen and oxygen atoms in total. The number of hydrogen-bond donors (Lipinski definition) is 9. The lowest BCUT2D eigenvalue weighted by atomic mass is 8.94. The average Bonchev–Trinajstić information content (AvgIpc) is 0.588. The minimum Gasteiger partial charge on any atom is -0.479 e. The number of carbonyl (C=O) groups is 6. The number of aliphatic carboxylic acids is 1. The number of nitrogens with zero attached hydrogens (tertiary/aromatic N) is 4. The van der Waals surface area contributed by atoms with Crippen molar-refractivity contribution in [1.29, 1.82) is 0 Å². The number of ether oxygens (including phenoxy) is 5. The molecule has 2 saturated heterocycles. The first-order valence-corrected chi connectivity index (χ1v) is 30.3. The van der Waals surface area contributed by atoms with E-state index in [9.17, 15) is 59.4 Å². The molecule has 3 heterocycles. The predicted octanol–water partition coefficient (Wildman–Crippen LogP) is 2.45. The van der Waals surface area contributed by atoms with E-state index in [1.54, 1.807) is 36.4 Å². The number of allylic oxidation sites excluding steroid dienone is 4. The van der Waals surface area contributed by atoms with Crippen LogP contribution in [0, 0.1) is 69.5 Å². The van der Waals surface area contributed by atoms with Gasteiger partial charge in [0.15, 0.2) is 35.9 Å². The van der Waals surface area contributed by atoms with Crippen LogP contribution in [-0.2, 0) is 62.4 Å². The SMILES string of the molecule is C[C@]12C=CC(=O)C=C1CC[C@@H]1[C@@H]2[C@@H](O)C[C@@]2(C)[C@H]1C[C@H]1O[C@@H](c3ccc(CC45C6C7C4C4C5C6C74NC(=O)OCc4ccc(O[C@@H]5O[C@H](C(=O)O)[C@@H](O)[C@H](O)[C@H]5O)c(NC(=O)CCNC(=O)Cc5ccc(-c6nncnn6)cc5)c4)cc3)O[C@]12C(=O)CO. The molecular weight excluding hydrogens is 1140 g/mol. The Morgan fingerprint density at radius 3 is 2.22 bits per heavy atom. The van der Waals surface area contributed by atoms with Crippen molar-refractivity contribution >= 4 is 41.1 Å². The predicted molar refractivity (Wildman–Crippen MR) is 301 cm³/mol. The van der Waals surface area contributed by atoms with E-state index < -0.39 is 96.0 Å². The summed E-state index contributed by atoms with van der Waals surface area (Å²) < 4.78 is 30.6. The highest BCUT2D eigenvalue weighted by molar-refractivity contribution is 6.01. The van der Waals surface area contributed by atoms with Crippen molar-refractivity contribution in [3.63, 3.8) is 0 Å². The topological polar surface area (TPSA) is 358 Å². The van der Waals surface area contributed by atoms with Gasteiger partial charge < -0.3 is 70.3 Å². The summed E-state index contributed by atoms with van der Waals surface area (Å²) in [5, 5.41) is 87.6. The van der Waals surface area contributed by atoms with Crippen molar-refractivity contribution in [2.24, 2.45) is 69.5 Å². The van der Waals surface area contributed by atoms with Gasteiger partial charge in [0, 0.05) is 40.8 Å². The van der Waals surface area contributed by atoms with Crippen molar-refractivity contribution in [3.8, 4) is 17.1 Å². The second-order valence-electron chi connectivity index (χ2n) is 26.7. The Labute approximate surface area is 503 Å². The standard InChI is InChI=1S/C64H67N7O17/c1-60-17-15-34(73)21-33(60)12-13-35-36-22-41-64(40(75)25-72,61(36,2)24-38(74)44(35)60)88-57(86-41)32-10-5-29(6-11-32)23-62-45-48-46(62)50-47(62)49(45)63(48,50)69-59(83)84-26-30-7-14-39(85-58-53(80)51(78)52(79)54(87-58)56(81)82)37(19-30)68-42(76)16-18-65-43(77)20-28-3-8-31(9-4-28)55-70-66-27-67-71-55/h3-11,14-15,17,19,21,27,35-36,38,41,44-54,57-58,72,74,78-80H,12-13,16,18,20,22-26H2,1-2H3,(H,65,77)(H,68,76)(H,69,83)(H,81,82)/t35-,36-,38-,41+,44+,45?,46?,47?,48?,49?,50?,51-,52-,53+,54-,57+,58+,60-,61-,62?,63?,64+/m0/s1. The number of amides is 3. The summed E-state index contributed by atoms with van der Waals surface area (Å²) in [6, 6.07) is 19.5. The van der Waals surface area contributed by atoms with Crippen molar-refractivity contribution in [2.75, 3.05) is 18.5 Å². The number of alkyl carbamates (subject to hydrolysis) is 1. The third-order valence-corrected chi connectivity index (χ3v) is 23.1. The molecule has 3 amide bonds. The lowest BCUT2D eigenvalue weighted by molar-refractivity contribution is -0.624. The van der Waals surface area contributed by atoms with Gasteiger partial charge in [-0.25, -0.2) is 9.59 Å². The van der Waals surface area contributed by atoms with Crippen molar-refractivity contribution in [2.45, 2.75) is 126 Å². The van der Waals surface area contributed by atoms with Gasteiger partial charge in [0.1, 0.15) is 37.3 Å². The van der Waals surface area contributed by atoms with Gasteiger partial charge in [-0.15, -0.1) is 20.4 Å². The van der Waals surface area contributed by atoms with E-state index in [1.807, 2.05) is 25.1 Å². The smallest absolute Gasteiger partial charge is 0.407 e. The van der Waals surface area contributed by atoms with Crippen LogP contribution in [0.15, 0.2) is 96.9 Å². The number of benzene rings is 3. The van der Waals surface area contributed by atoms with E-state index in [0.29, 0.717) is 70.9 Å². The molecule has 1 aromatic heterocycles. The number of aliphatic hydroxyl groups excluding tert-OH is 5. The summed E-state index contributed by atoms with van der Waals surface area (Å²) in [5.74, 6) is -0.354. The fourth-order valence-corrected chi connectivity index (χ4v) is 19.7. The van der Waals surface area contributed by atoms with Gasteiger partial charge in [-0.2, -0.15) is 0 Å². The molecule has 88 heavy (non-hydrogen) atoms. The van der Waals surface area contributed by atoms with Crippen molar-refractivity contribution in [3.05, 3.63) is 119 Å². The second kappa shape index (κ2) is 20.3. The quantitative estimate of drug-likeness (QED) is 0.0691. The zero-order valence-corrected chi connectivity index (χ0v) is 48.0. The number of aliphatic hydroxyl groups is 5. The second-order valence-corrected chi connectivity index (χ2v) is 26.7. The Kier molecular flexibility index (Phi) is 13.2. The van der Waals surface area contributed by atoms with Crippen LogP contribution in [0.25, 0.3) is 11.4 Å². The number of aromatic nitrogens is 4. The first kappa shape index (κ1) is 57.0. The number of carbonyl (C=O) groups excluding carboxylic acids is 5. The number of Topliss-reactive ketones (excluding diaryl/α,β-unsaturated/α-hetero) is 1. The Bertz CT molecular complexity index is 3590. The Morgan fingerprint density at radius 1 is 0.807 bits per heavy atom. The van der Waals surface area contributed by atoms with Gasteiger partial charge in [0.05, 0.1) is 29.9 Å². The molecule has 14 atom stereocenters. The summed E-state index contributed by atoms with van der Waals surface area (Å²) in [6.45, 7) is 3.16. The van der Waals surface area contributed by atoms with Gasteiger partial charge in [0.2, 0.25) is 23.9 Å². The van der Waals surface area contributed by atoms with Gasteiger partial charge in [0.25, 0.3) is 0 Å². The summed E-state index contributed by atoms with van der Waals surface area (Å²) >= 11 is 0. The molecule has 10 aliphatic carbocycles. The monoisotopic (exact) mass is 1210 g/mol. The third kappa shape index (κ3) is 7.91. The van der Waals surface area contributed by atoms with E-state index in [2.05, 4.69) is 55.4 Å².